The number of hydrogen-bond donors (Lipinski definition) is 1. The van der Waals surface area contributed by atoms with E-state index in [4.69, 9.17) is 18.9 Å². The Bertz CT molecular complexity index is 949. The second-order valence-corrected chi connectivity index (χ2v) is 7.63. The lowest BCUT2D eigenvalue weighted by molar-refractivity contribution is -0.384. The molecule has 0 radical (unpaired) electrons. The van der Waals surface area contributed by atoms with Gasteiger partial charge in [0.05, 0.1) is 28.5 Å². The van der Waals surface area contributed by atoms with E-state index in [1.807, 2.05) is 6.92 Å². The van der Waals surface area contributed by atoms with Crippen molar-refractivity contribution in [1.82, 2.24) is 5.32 Å². The molecule has 1 unspecified atom stereocenters. The van der Waals surface area contributed by atoms with Gasteiger partial charge in [0.2, 0.25) is 0 Å². The van der Waals surface area contributed by atoms with Crippen LogP contribution in [0.15, 0.2) is 47.2 Å². The van der Waals surface area contributed by atoms with Crippen molar-refractivity contribution in [1.29, 1.82) is 0 Å². The lowest BCUT2D eigenvalue weighted by atomic mass is 9.89. The van der Waals surface area contributed by atoms with Crippen LogP contribution in [0.4, 0.5) is 15.3 Å². The van der Waals surface area contributed by atoms with Crippen molar-refractivity contribution in [2.45, 2.75) is 66.1 Å². The zero-order valence-electron chi connectivity index (χ0n) is 19.0. The van der Waals surface area contributed by atoms with E-state index in [0.29, 0.717) is 23.4 Å². The Morgan fingerprint density at radius 3 is 2.12 bits per heavy atom. The van der Waals surface area contributed by atoms with Crippen LogP contribution in [0, 0.1) is 10.1 Å². The van der Waals surface area contributed by atoms with Crippen LogP contribution < -0.4 is 5.32 Å². The molecule has 0 spiro atoms. The number of non-ortho nitro benzene ring substituents is 1. The third-order valence-electron chi connectivity index (χ3n) is 4.35. The van der Waals surface area contributed by atoms with E-state index in [9.17, 15) is 19.7 Å². The fraction of sp³-hybridized carbons (Fsp3) is 0.455. The van der Waals surface area contributed by atoms with Gasteiger partial charge in [0.25, 0.3) is 5.69 Å². The molecule has 0 bridgehead atoms. The quantitative estimate of drug-likeness (QED) is 0.338. The molecule has 1 aromatic rings. The maximum Gasteiger partial charge on any atom is 0.513 e. The average molecular weight is 448 g/mol. The minimum absolute atomic E-state index is 0.0979. The third-order valence-corrected chi connectivity index (χ3v) is 4.35. The molecule has 0 saturated carbocycles. The van der Waals surface area contributed by atoms with E-state index >= 15 is 0 Å². The normalized spacial score (nSPS) is 16.1. The largest absolute Gasteiger partial charge is 0.513 e. The van der Waals surface area contributed by atoms with Gasteiger partial charge in [0, 0.05) is 12.1 Å². The molecule has 1 aromatic carbocycles. The van der Waals surface area contributed by atoms with Crippen LogP contribution in [0.25, 0.3) is 0 Å². The Kier molecular flexibility index (Phi) is 8.22. The summed E-state index contributed by atoms with van der Waals surface area (Å²) >= 11 is 0. The van der Waals surface area contributed by atoms with Crippen molar-refractivity contribution in [2.75, 3.05) is 0 Å². The fourth-order valence-corrected chi connectivity index (χ4v) is 3.11. The third kappa shape index (κ3) is 6.22. The molecule has 1 heterocycles. The molecule has 10 heteroatoms. The summed E-state index contributed by atoms with van der Waals surface area (Å²) in [5, 5.41) is 14.4. The molecular formula is C22H28N2O8. The number of carbonyl (C=O) groups is 2. The van der Waals surface area contributed by atoms with Gasteiger partial charge in [-0.15, -0.1) is 0 Å². The smallest absolute Gasteiger partial charge is 0.431 e. The van der Waals surface area contributed by atoms with Crippen LogP contribution in [0.1, 0.15) is 59.4 Å². The molecule has 1 aliphatic rings. The number of carbonyl (C=O) groups excluding carboxylic acids is 2. The summed E-state index contributed by atoms with van der Waals surface area (Å²) in [5.74, 6) is -0.706. The zero-order chi connectivity index (χ0) is 24.0. The van der Waals surface area contributed by atoms with Gasteiger partial charge < -0.3 is 24.3 Å². The lowest BCUT2D eigenvalue weighted by Gasteiger charge is -2.31. The molecule has 0 amide bonds. The molecule has 0 aromatic heterocycles. The van der Waals surface area contributed by atoms with Crippen molar-refractivity contribution >= 4 is 18.0 Å². The number of hydrogen-bond acceptors (Lipinski definition) is 9. The first-order valence-electron chi connectivity index (χ1n) is 10.3. The molecule has 0 fully saturated rings. The number of ether oxygens (including phenoxy) is 4. The Balaban J connectivity index is 2.59. The standard InChI is InChI=1S/C22H28N2O8/c1-7-17-20(32-22(26)30-13(4)5)18(15-9-8-10-16(11-15)24(27)28)19(14(6)23-17)31-21(25)29-12(2)3/h8-13,18,23H,7H2,1-6H3. The molecule has 2 rings (SSSR count). The molecule has 32 heavy (non-hydrogen) atoms. The van der Waals surface area contributed by atoms with Crippen LogP contribution in [0.5, 0.6) is 0 Å². The Morgan fingerprint density at radius 1 is 1.06 bits per heavy atom. The van der Waals surface area contributed by atoms with E-state index in [2.05, 4.69) is 5.32 Å². The molecule has 1 N–H and O–H groups in total. The number of nitro groups is 1. The SMILES string of the molecule is CCC1=C(OC(=O)OC(C)C)C(c2cccc([N+](=O)[O-])c2)C(OC(=O)OC(C)C)=C(C)N1. The van der Waals surface area contributed by atoms with Gasteiger partial charge in [0.15, 0.2) is 0 Å². The van der Waals surface area contributed by atoms with Crippen molar-refractivity contribution in [2.24, 2.45) is 0 Å². The van der Waals surface area contributed by atoms with E-state index in [-0.39, 0.29) is 17.2 Å². The van der Waals surface area contributed by atoms with Crippen LogP contribution in [0.2, 0.25) is 0 Å². The number of nitrogens with one attached hydrogen (secondary N) is 1. The zero-order valence-corrected chi connectivity index (χ0v) is 19.0. The summed E-state index contributed by atoms with van der Waals surface area (Å²) in [5.41, 5.74) is 1.25. The number of nitro benzene ring substituents is 1. The maximum absolute atomic E-state index is 12.3. The Morgan fingerprint density at radius 2 is 1.62 bits per heavy atom. The summed E-state index contributed by atoms with van der Waals surface area (Å²) < 4.78 is 21.2. The van der Waals surface area contributed by atoms with Gasteiger partial charge in [0.1, 0.15) is 17.4 Å². The highest BCUT2D eigenvalue weighted by Gasteiger charge is 2.37. The maximum atomic E-state index is 12.3. The van der Waals surface area contributed by atoms with Gasteiger partial charge in [-0.3, -0.25) is 10.1 Å². The Labute approximate surface area is 186 Å². The van der Waals surface area contributed by atoms with Gasteiger partial charge >= 0.3 is 12.3 Å². The van der Waals surface area contributed by atoms with E-state index < -0.39 is 35.4 Å². The molecule has 1 atom stereocenters. The number of benzene rings is 1. The van der Waals surface area contributed by atoms with E-state index in [1.165, 1.54) is 18.2 Å². The first kappa shape index (κ1) is 24.7. The van der Waals surface area contributed by atoms with E-state index in [0.717, 1.165) is 0 Å². The first-order chi connectivity index (χ1) is 15.0. The molecule has 10 nitrogen and oxygen atoms in total. The minimum Gasteiger partial charge on any atom is -0.431 e. The molecule has 1 aliphatic heterocycles. The van der Waals surface area contributed by atoms with Crippen molar-refractivity contribution in [3.05, 3.63) is 62.9 Å². The van der Waals surface area contributed by atoms with Crippen LogP contribution in [0.3, 0.4) is 0 Å². The van der Waals surface area contributed by atoms with Crippen LogP contribution >= 0.6 is 0 Å². The van der Waals surface area contributed by atoms with Crippen molar-refractivity contribution in [3.63, 3.8) is 0 Å². The number of dihydropyridines is 1. The summed E-state index contributed by atoms with van der Waals surface area (Å²) in [6, 6.07) is 5.81. The monoisotopic (exact) mass is 448 g/mol. The number of rotatable bonds is 7. The Hall–Kier alpha value is -3.56. The second kappa shape index (κ2) is 10.7. The summed E-state index contributed by atoms with van der Waals surface area (Å²) in [6.07, 6.45) is -2.29. The predicted octanol–water partition coefficient (Wildman–Crippen LogP) is 5.26. The highest BCUT2D eigenvalue weighted by Crippen LogP contribution is 2.41. The summed E-state index contributed by atoms with van der Waals surface area (Å²) in [4.78, 5) is 35.4. The fourth-order valence-electron chi connectivity index (χ4n) is 3.11. The van der Waals surface area contributed by atoms with Gasteiger partial charge in [-0.2, -0.15) is 0 Å². The first-order valence-corrected chi connectivity index (χ1v) is 10.3. The van der Waals surface area contributed by atoms with Gasteiger partial charge in [-0.1, -0.05) is 19.1 Å². The molecule has 0 saturated heterocycles. The molecule has 174 valence electrons. The second-order valence-electron chi connectivity index (χ2n) is 7.63. The van der Waals surface area contributed by atoms with Crippen molar-refractivity contribution < 1.29 is 33.5 Å². The van der Waals surface area contributed by atoms with Gasteiger partial charge in [-0.05, 0) is 46.6 Å². The van der Waals surface area contributed by atoms with Crippen LogP contribution in [-0.2, 0) is 18.9 Å². The predicted molar refractivity (Wildman–Crippen MR) is 114 cm³/mol. The highest BCUT2D eigenvalue weighted by atomic mass is 16.7. The summed E-state index contributed by atoms with van der Waals surface area (Å²) in [6.45, 7) is 10.2. The van der Waals surface area contributed by atoms with Crippen molar-refractivity contribution in [3.8, 4) is 0 Å². The number of allylic oxidation sites excluding steroid dienone is 2. The lowest BCUT2D eigenvalue weighted by Crippen LogP contribution is -2.30. The van der Waals surface area contributed by atoms with Gasteiger partial charge in [-0.25, -0.2) is 9.59 Å². The number of nitrogens with zero attached hydrogens (tertiary/aromatic N) is 1. The highest BCUT2D eigenvalue weighted by molar-refractivity contribution is 5.65. The molecular weight excluding hydrogens is 420 g/mol. The molecule has 0 aliphatic carbocycles. The minimum atomic E-state index is -0.948. The van der Waals surface area contributed by atoms with E-state index in [1.54, 1.807) is 40.7 Å². The van der Waals surface area contributed by atoms with Crippen LogP contribution in [-0.4, -0.2) is 29.4 Å². The average Bonchev–Trinajstić information content (AvgIpc) is 2.69. The topological polar surface area (TPSA) is 126 Å². The summed E-state index contributed by atoms with van der Waals surface area (Å²) in [7, 11) is 0.